The molecule has 0 radical (unpaired) electrons. The van der Waals surface area contributed by atoms with Crippen molar-refractivity contribution in [2.45, 2.75) is 13.2 Å². The summed E-state index contributed by atoms with van der Waals surface area (Å²) < 4.78 is 11.9. The zero-order chi connectivity index (χ0) is 19.6. The molecule has 3 aromatic carbocycles. The molecule has 5 nitrogen and oxygen atoms in total. The Balaban J connectivity index is 1.74. The highest BCUT2D eigenvalue weighted by Crippen LogP contribution is 2.25. The van der Waals surface area contributed by atoms with Gasteiger partial charge in [0.25, 0.3) is 0 Å². The molecular formula is C22H21N3O2S. The summed E-state index contributed by atoms with van der Waals surface area (Å²) in [5.41, 5.74) is 10.9. The van der Waals surface area contributed by atoms with E-state index in [0.29, 0.717) is 24.7 Å². The number of rotatable bonds is 8. The second-order valence-corrected chi connectivity index (χ2v) is 6.42. The van der Waals surface area contributed by atoms with Gasteiger partial charge >= 0.3 is 0 Å². The first kappa shape index (κ1) is 19.4. The Morgan fingerprint density at radius 1 is 0.893 bits per heavy atom. The molecule has 6 heteroatoms. The molecule has 0 aliphatic carbocycles. The van der Waals surface area contributed by atoms with Crippen molar-refractivity contribution in [3.05, 3.63) is 95.6 Å². The van der Waals surface area contributed by atoms with Crippen molar-refractivity contribution in [2.75, 3.05) is 0 Å². The molecule has 0 fully saturated rings. The minimum Gasteiger partial charge on any atom is -0.489 e. The molecule has 0 bridgehead atoms. The summed E-state index contributed by atoms with van der Waals surface area (Å²) in [7, 11) is 0. The van der Waals surface area contributed by atoms with Gasteiger partial charge in [0.15, 0.2) is 5.11 Å². The summed E-state index contributed by atoms with van der Waals surface area (Å²) >= 11 is 4.76. The Bertz CT molecular complexity index is 931. The number of hydrazone groups is 1. The van der Waals surface area contributed by atoms with Crippen LogP contribution in [0.5, 0.6) is 11.5 Å². The van der Waals surface area contributed by atoms with Crippen LogP contribution in [-0.2, 0) is 13.2 Å². The maximum absolute atomic E-state index is 6.01. The summed E-state index contributed by atoms with van der Waals surface area (Å²) in [5.74, 6) is 1.37. The average molecular weight is 391 g/mol. The summed E-state index contributed by atoms with van der Waals surface area (Å²) in [6.07, 6.45) is 1.61. The summed E-state index contributed by atoms with van der Waals surface area (Å²) in [6, 6.07) is 25.6. The number of nitrogens with two attached hydrogens (primary N) is 1. The van der Waals surface area contributed by atoms with Gasteiger partial charge in [-0.2, -0.15) is 5.10 Å². The van der Waals surface area contributed by atoms with E-state index in [-0.39, 0.29) is 5.11 Å². The number of ether oxygens (including phenoxy) is 2. The topological polar surface area (TPSA) is 68.9 Å². The van der Waals surface area contributed by atoms with E-state index in [9.17, 15) is 0 Å². The molecule has 0 heterocycles. The lowest BCUT2D eigenvalue weighted by Gasteiger charge is -2.12. The molecule has 0 aromatic heterocycles. The fraction of sp³-hybridized carbons (Fsp3) is 0.0909. The molecule has 0 saturated carbocycles. The van der Waals surface area contributed by atoms with Crippen molar-refractivity contribution in [3.63, 3.8) is 0 Å². The Morgan fingerprint density at radius 2 is 1.50 bits per heavy atom. The predicted octanol–water partition coefficient (Wildman–Crippen LogP) is 4.01. The van der Waals surface area contributed by atoms with Crippen molar-refractivity contribution < 1.29 is 9.47 Å². The Kier molecular flexibility index (Phi) is 6.98. The van der Waals surface area contributed by atoms with Crippen LogP contribution in [0.3, 0.4) is 0 Å². The first-order valence-electron chi connectivity index (χ1n) is 8.77. The molecule has 0 aliphatic heterocycles. The molecule has 0 amide bonds. The van der Waals surface area contributed by atoms with Gasteiger partial charge in [0.1, 0.15) is 24.7 Å². The van der Waals surface area contributed by atoms with E-state index in [2.05, 4.69) is 10.5 Å². The lowest BCUT2D eigenvalue weighted by Crippen LogP contribution is -2.24. The zero-order valence-corrected chi connectivity index (χ0v) is 16.1. The average Bonchev–Trinajstić information content (AvgIpc) is 2.73. The molecule has 0 atom stereocenters. The van der Waals surface area contributed by atoms with Crippen LogP contribution in [0.2, 0.25) is 0 Å². The predicted molar refractivity (Wildman–Crippen MR) is 116 cm³/mol. The lowest BCUT2D eigenvalue weighted by molar-refractivity contribution is 0.289. The molecule has 142 valence electrons. The molecular weight excluding hydrogens is 370 g/mol. The summed E-state index contributed by atoms with van der Waals surface area (Å²) in [5, 5.41) is 4.12. The molecule has 28 heavy (non-hydrogen) atoms. The Labute approximate surface area is 169 Å². The highest BCUT2D eigenvalue weighted by molar-refractivity contribution is 7.80. The van der Waals surface area contributed by atoms with E-state index >= 15 is 0 Å². The van der Waals surface area contributed by atoms with Crippen molar-refractivity contribution in [1.29, 1.82) is 0 Å². The quantitative estimate of drug-likeness (QED) is 0.345. The number of thiocarbonyl (C=S) groups is 1. The van der Waals surface area contributed by atoms with Crippen molar-refractivity contribution in [3.8, 4) is 11.5 Å². The molecule has 0 spiro atoms. The van der Waals surface area contributed by atoms with Crippen LogP contribution >= 0.6 is 12.2 Å². The van der Waals surface area contributed by atoms with Crippen LogP contribution < -0.4 is 20.6 Å². The fourth-order valence-electron chi connectivity index (χ4n) is 2.48. The van der Waals surface area contributed by atoms with Crippen LogP contribution in [0.25, 0.3) is 0 Å². The highest BCUT2D eigenvalue weighted by atomic mass is 32.1. The third-order valence-corrected chi connectivity index (χ3v) is 3.94. The van der Waals surface area contributed by atoms with Crippen molar-refractivity contribution in [1.82, 2.24) is 5.43 Å². The second kappa shape index (κ2) is 10.1. The van der Waals surface area contributed by atoms with Gasteiger partial charge in [0.2, 0.25) is 0 Å². The minimum atomic E-state index is 0.103. The maximum Gasteiger partial charge on any atom is 0.184 e. The highest BCUT2D eigenvalue weighted by Gasteiger charge is 2.06. The number of hydrogen-bond donors (Lipinski definition) is 2. The van der Waals surface area contributed by atoms with Gasteiger partial charge in [0, 0.05) is 11.6 Å². The number of nitrogens with zero attached hydrogens (tertiary/aromatic N) is 1. The second-order valence-electron chi connectivity index (χ2n) is 5.98. The maximum atomic E-state index is 6.01. The van der Waals surface area contributed by atoms with E-state index in [1.54, 1.807) is 6.21 Å². The first-order chi connectivity index (χ1) is 13.7. The minimum absolute atomic E-state index is 0.103. The smallest absolute Gasteiger partial charge is 0.184 e. The SMILES string of the molecule is NC(=S)NN=Cc1ccc(OCc2ccccc2)cc1OCc1ccccc1. The number of benzene rings is 3. The first-order valence-corrected chi connectivity index (χ1v) is 9.17. The van der Waals surface area contributed by atoms with Crippen LogP contribution in [0.4, 0.5) is 0 Å². The van der Waals surface area contributed by atoms with E-state index in [1.165, 1.54) is 0 Å². The largest absolute Gasteiger partial charge is 0.489 e. The van der Waals surface area contributed by atoms with Crippen LogP contribution in [0.15, 0.2) is 84.0 Å². The van der Waals surface area contributed by atoms with E-state index < -0.39 is 0 Å². The Morgan fingerprint density at radius 3 is 2.11 bits per heavy atom. The number of hydrogen-bond acceptors (Lipinski definition) is 4. The molecule has 0 unspecified atom stereocenters. The van der Waals surface area contributed by atoms with Crippen LogP contribution in [0, 0.1) is 0 Å². The summed E-state index contributed by atoms with van der Waals surface area (Å²) in [6.45, 7) is 0.919. The van der Waals surface area contributed by atoms with Gasteiger partial charge in [-0.05, 0) is 35.5 Å². The van der Waals surface area contributed by atoms with E-state index in [4.69, 9.17) is 27.4 Å². The molecule has 0 aliphatic rings. The van der Waals surface area contributed by atoms with E-state index in [1.807, 2.05) is 78.9 Å². The monoisotopic (exact) mass is 391 g/mol. The third kappa shape index (κ3) is 6.10. The van der Waals surface area contributed by atoms with Gasteiger partial charge in [-0.3, -0.25) is 5.43 Å². The fourth-order valence-corrected chi connectivity index (χ4v) is 2.53. The van der Waals surface area contributed by atoms with Gasteiger partial charge in [-0.1, -0.05) is 60.7 Å². The Hall–Kier alpha value is -3.38. The van der Waals surface area contributed by atoms with E-state index in [0.717, 1.165) is 16.7 Å². The van der Waals surface area contributed by atoms with Crippen molar-refractivity contribution in [2.24, 2.45) is 10.8 Å². The van der Waals surface area contributed by atoms with Gasteiger partial charge in [0.05, 0.1) is 6.21 Å². The number of nitrogens with one attached hydrogen (secondary N) is 1. The summed E-state index contributed by atoms with van der Waals surface area (Å²) in [4.78, 5) is 0. The van der Waals surface area contributed by atoms with Crippen molar-refractivity contribution >= 4 is 23.5 Å². The zero-order valence-electron chi connectivity index (χ0n) is 15.2. The van der Waals surface area contributed by atoms with Crippen LogP contribution in [0.1, 0.15) is 16.7 Å². The van der Waals surface area contributed by atoms with Gasteiger partial charge < -0.3 is 15.2 Å². The lowest BCUT2D eigenvalue weighted by atomic mass is 10.2. The molecule has 3 rings (SSSR count). The molecule has 3 aromatic rings. The molecule has 3 N–H and O–H groups in total. The van der Waals surface area contributed by atoms with Gasteiger partial charge in [-0.25, -0.2) is 0 Å². The molecule has 0 saturated heterocycles. The van der Waals surface area contributed by atoms with Crippen LogP contribution in [-0.4, -0.2) is 11.3 Å². The third-order valence-electron chi connectivity index (χ3n) is 3.85. The normalized spacial score (nSPS) is 10.6. The standard InChI is InChI=1S/C22H21N3O2S/c23-22(28)25-24-14-19-11-12-20(26-15-17-7-3-1-4-8-17)13-21(19)27-16-18-9-5-2-6-10-18/h1-14H,15-16H2,(H3,23,25,28). The van der Waals surface area contributed by atoms with Gasteiger partial charge in [-0.15, -0.1) is 0 Å².